The monoisotopic (exact) mass is 307 g/mol. The Morgan fingerprint density at radius 3 is 2.33 bits per heavy atom. The first-order chi connectivity index (χ1) is 9.96. The van der Waals surface area contributed by atoms with Crippen LogP contribution >= 0.6 is 11.6 Å². The number of carbonyl (C=O) groups is 1. The molecule has 1 aromatic carbocycles. The maximum absolute atomic E-state index is 13.3. The molecule has 1 amide bonds. The Hall–Kier alpha value is -1.02. The van der Waals surface area contributed by atoms with Crippen molar-refractivity contribution in [2.75, 3.05) is 12.4 Å². The highest BCUT2D eigenvalue weighted by atomic mass is 35.5. The summed E-state index contributed by atoms with van der Waals surface area (Å²) in [6.45, 7) is 9.33. The highest BCUT2D eigenvalue weighted by Crippen LogP contribution is 2.48. The number of likely N-dealkylation sites (tertiary alicyclic amines) is 1. The van der Waals surface area contributed by atoms with E-state index in [0.717, 1.165) is 18.5 Å². The molecule has 0 radical (unpaired) electrons. The summed E-state index contributed by atoms with van der Waals surface area (Å²) in [5.74, 6) is 1.41. The van der Waals surface area contributed by atoms with Crippen LogP contribution in [0.1, 0.15) is 39.7 Å². The van der Waals surface area contributed by atoms with Gasteiger partial charge in [-0.3, -0.25) is 4.79 Å². The predicted molar refractivity (Wildman–Crippen MR) is 88.6 cm³/mol. The summed E-state index contributed by atoms with van der Waals surface area (Å²) in [5.41, 5.74) is 0.712. The zero-order valence-corrected chi connectivity index (χ0v) is 14.2. The molecule has 0 saturated carbocycles. The fourth-order valence-corrected chi connectivity index (χ4v) is 4.16. The normalized spacial score (nSPS) is 26.1. The van der Waals surface area contributed by atoms with Gasteiger partial charge < -0.3 is 4.90 Å². The molecule has 0 aliphatic carbocycles. The number of benzene rings is 1. The molecule has 116 valence electrons. The second-order valence-corrected chi connectivity index (χ2v) is 6.99. The van der Waals surface area contributed by atoms with E-state index in [1.165, 1.54) is 0 Å². The van der Waals surface area contributed by atoms with Crippen molar-refractivity contribution in [3.05, 3.63) is 35.9 Å². The molecule has 0 bridgehead atoms. The lowest BCUT2D eigenvalue weighted by Gasteiger charge is -2.37. The van der Waals surface area contributed by atoms with Crippen molar-refractivity contribution < 1.29 is 4.79 Å². The van der Waals surface area contributed by atoms with Gasteiger partial charge in [-0.25, -0.2) is 0 Å². The van der Waals surface area contributed by atoms with Gasteiger partial charge in [0, 0.05) is 18.5 Å². The molecule has 2 rings (SSSR count). The van der Waals surface area contributed by atoms with E-state index in [-0.39, 0.29) is 23.8 Å². The van der Waals surface area contributed by atoms with Crippen LogP contribution in [-0.4, -0.2) is 29.3 Å². The molecule has 2 atom stereocenters. The van der Waals surface area contributed by atoms with Crippen LogP contribution in [0.4, 0.5) is 0 Å². The topological polar surface area (TPSA) is 20.3 Å². The van der Waals surface area contributed by atoms with Crippen molar-refractivity contribution in [3.8, 4) is 0 Å². The fraction of sp³-hybridized carbons (Fsp3) is 0.611. The zero-order valence-electron chi connectivity index (χ0n) is 13.5. The maximum atomic E-state index is 13.3. The van der Waals surface area contributed by atoms with E-state index in [9.17, 15) is 4.79 Å². The predicted octanol–water partition coefficient (Wildman–Crippen LogP) is 4.08. The molecule has 1 saturated heterocycles. The Labute approximate surface area is 133 Å². The van der Waals surface area contributed by atoms with E-state index in [0.29, 0.717) is 5.88 Å². The van der Waals surface area contributed by atoms with E-state index in [1.54, 1.807) is 0 Å². The van der Waals surface area contributed by atoms with Crippen molar-refractivity contribution in [1.82, 2.24) is 4.90 Å². The van der Waals surface area contributed by atoms with Crippen molar-refractivity contribution in [3.63, 3.8) is 0 Å². The summed E-state index contributed by atoms with van der Waals surface area (Å²) < 4.78 is 0. The van der Waals surface area contributed by atoms with E-state index in [4.69, 9.17) is 11.6 Å². The molecule has 0 unspecified atom stereocenters. The smallest absolute Gasteiger partial charge is 0.234 e. The molecule has 1 aliphatic heterocycles. The molecule has 0 N–H and O–H groups in total. The molecular weight excluding hydrogens is 282 g/mol. The van der Waals surface area contributed by atoms with Crippen LogP contribution in [0, 0.1) is 11.8 Å². The number of rotatable bonds is 5. The van der Waals surface area contributed by atoms with E-state index < -0.39 is 5.41 Å². The molecule has 1 fully saturated rings. The molecule has 0 spiro atoms. The van der Waals surface area contributed by atoms with Gasteiger partial charge in [0.25, 0.3) is 0 Å². The van der Waals surface area contributed by atoms with Gasteiger partial charge in [0.05, 0.1) is 5.41 Å². The molecule has 1 aromatic rings. The maximum Gasteiger partial charge on any atom is 0.234 e. The number of halogens is 1. The summed E-state index contributed by atoms with van der Waals surface area (Å²) in [7, 11) is 0. The molecule has 2 nitrogen and oxygen atoms in total. The molecule has 0 aromatic heterocycles. The van der Waals surface area contributed by atoms with Crippen molar-refractivity contribution in [2.24, 2.45) is 11.8 Å². The third-order valence-corrected chi connectivity index (χ3v) is 5.14. The number of hydrogen-bond acceptors (Lipinski definition) is 1. The quantitative estimate of drug-likeness (QED) is 0.751. The number of alkyl halides is 1. The van der Waals surface area contributed by atoms with Crippen LogP contribution in [0.15, 0.2) is 30.3 Å². The van der Waals surface area contributed by atoms with E-state index in [2.05, 4.69) is 39.8 Å². The SMILES string of the molecule is CC(C)N1C[C@@H](CCCl)[C@](c2ccccc2)(C(C)C)C1=O. The number of carbonyl (C=O) groups excluding carboxylic acids is 1. The fourth-order valence-electron chi connectivity index (χ4n) is 3.90. The molecule has 3 heteroatoms. The standard InChI is InChI=1S/C18H26ClNO/c1-13(2)18(15-8-6-5-7-9-15)16(10-11-19)12-20(14(3)4)17(18)21/h5-9,13-14,16H,10-12H2,1-4H3/t16-,18-/m1/s1. The van der Waals surface area contributed by atoms with Crippen LogP contribution in [-0.2, 0) is 10.2 Å². The Balaban J connectivity index is 2.57. The highest BCUT2D eigenvalue weighted by Gasteiger charge is 2.56. The van der Waals surface area contributed by atoms with Gasteiger partial charge in [0.1, 0.15) is 0 Å². The molecule has 1 heterocycles. The van der Waals surface area contributed by atoms with Gasteiger partial charge in [-0.1, -0.05) is 44.2 Å². The lowest BCUT2D eigenvalue weighted by molar-refractivity contribution is -0.135. The second kappa shape index (κ2) is 6.39. The van der Waals surface area contributed by atoms with Gasteiger partial charge in [-0.2, -0.15) is 0 Å². The van der Waals surface area contributed by atoms with Crippen molar-refractivity contribution in [1.29, 1.82) is 0 Å². The van der Waals surface area contributed by atoms with Gasteiger partial charge >= 0.3 is 0 Å². The summed E-state index contributed by atoms with van der Waals surface area (Å²) >= 11 is 6.05. The van der Waals surface area contributed by atoms with E-state index >= 15 is 0 Å². The van der Waals surface area contributed by atoms with Gasteiger partial charge in [0.15, 0.2) is 0 Å². The van der Waals surface area contributed by atoms with Gasteiger partial charge in [-0.15, -0.1) is 11.6 Å². The summed E-state index contributed by atoms with van der Waals surface area (Å²) in [6, 6.07) is 10.5. The van der Waals surface area contributed by atoms with Crippen LogP contribution in [0.5, 0.6) is 0 Å². The number of nitrogens with zero attached hydrogens (tertiary/aromatic N) is 1. The van der Waals surface area contributed by atoms with Crippen molar-refractivity contribution in [2.45, 2.75) is 45.6 Å². The Morgan fingerprint density at radius 1 is 1.24 bits per heavy atom. The first kappa shape index (κ1) is 16.4. The minimum atomic E-state index is -0.430. The lowest BCUT2D eigenvalue weighted by Crippen LogP contribution is -2.46. The second-order valence-electron chi connectivity index (χ2n) is 6.62. The summed E-state index contributed by atoms with van der Waals surface area (Å²) in [4.78, 5) is 15.3. The number of hydrogen-bond donors (Lipinski definition) is 0. The molecule has 1 aliphatic rings. The third-order valence-electron chi connectivity index (χ3n) is 4.92. The first-order valence-corrected chi connectivity index (χ1v) is 8.42. The Morgan fingerprint density at radius 2 is 1.86 bits per heavy atom. The van der Waals surface area contributed by atoms with Crippen LogP contribution < -0.4 is 0 Å². The lowest BCUT2D eigenvalue weighted by atomic mass is 9.64. The minimum Gasteiger partial charge on any atom is -0.339 e. The summed E-state index contributed by atoms with van der Waals surface area (Å²) in [6.07, 6.45) is 0.879. The van der Waals surface area contributed by atoms with Crippen LogP contribution in [0.2, 0.25) is 0 Å². The van der Waals surface area contributed by atoms with Crippen LogP contribution in [0.25, 0.3) is 0 Å². The van der Waals surface area contributed by atoms with Crippen LogP contribution in [0.3, 0.4) is 0 Å². The minimum absolute atomic E-state index is 0.236. The Kier molecular flexibility index (Phi) is 4.98. The van der Waals surface area contributed by atoms with E-state index in [1.807, 2.05) is 23.1 Å². The average molecular weight is 308 g/mol. The number of amides is 1. The molecular formula is C18H26ClNO. The van der Waals surface area contributed by atoms with Gasteiger partial charge in [-0.05, 0) is 37.7 Å². The zero-order chi connectivity index (χ0) is 15.6. The first-order valence-electron chi connectivity index (χ1n) is 7.88. The highest BCUT2D eigenvalue weighted by molar-refractivity contribution is 6.17. The molecule has 21 heavy (non-hydrogen) atoms. The Bertz CT molecular complexity index is 485. The average Bonchev–Trinajstić information content (AvgIpc) is 2.74. The van der Waals surface area contributed by atoms with Gasteiger partial charge in [0.2, 0.25) is 5.91 Å². The largest absolute Gasteiger partial charge is 0.339 e. The van der Waals surface area contributed by atoms with Crippen molar-refractivity contribution >= 4 is 17.5 Å². The third kappa shape index (κ3) is 2.59. The summed E-state index contributed by atoms with van der Waals surface area (Å²) in [5, 5.41) is 0.